The maximum atomic E-state index is 5.94. The van der Waals surface area contributed by atoms with Crippen LogP contribution in [0, 0.1) is 5.92 Å². The molecule has 2 unspecified atom stereocenters. The number of aliphatic imine (C=N–C) groups is 1. The van der Waals surface area contributed by atoms with Gasteiger partial charge >= 0.3 is 0 Å². The third-order valence-corrected chi connectivity index (χ3v) is 5.30. The SMILES string of the molecule is CN=C(NCC(C)CN1CCCCC1)N1CCOC(c2cnn(C)c2)C1. The molecule has 0 radical (unpaired) electrons. The molecule has 3 heterocycles. The van der Waals surface area contributed by atoms with Crippen LogP contribution in [0.1, 0.15) is 37.9 Å². The van der Waals surface area contributed by atoms with Gasteiger partial charge in [0.1, 0.15) is 6.10 Å². The number of nitrogens with one attached hydrogen (secondary N) is 1. The molecule has 7 nitrogen and oxygen atoms in total. The fourth-order valence-corrected chi connectivity index (χ4v) is 3.89. The van der Waals surface area contributed by atoms with Crippen LogP contribution in [-0.4, -0.2) is 78.5 Å². The molecule has 26 heavy (non-hydrogen) atoms. The third-order valence-electron chi connectivity index (χ3n) is 5.30. The molecule has 2 fully saturated rings. The van der Waals surface area contributed by atoms with Crippen LogP contribution in [0.5, 0.6) is 0 Å². The molecule has 0 spiro atoms. The van der Waals surface area contributed by atoms with Crippen molar-refractivity contribution in [1.82, 2.24) is 24.9 Å². The molecule has 0 saturated carbocycles. The van der Waals surface area contributed by atoms with E-state index in [1.807, 2.05) is 31.2 Å². The van der Waals surface area contributed by atoms with Crippen molar-refractivity contribution in [2.24, 2.45) is 18.0 Å². The number of rotatable bonds is 5. The highest BCUT2D eigenvalue weighted by Gasteiger charge is 2.25. The van der Waals surface area contributed by atoms with E-state index in [-0.39, 0.29) is 6.10 Å². The first kappa shape index (κ1) is 19.2. The van der Waals surface area contributed by atoms with E-state index in [1.165, 1.54) is 38.9 Å². The third kappa shape index (κ3) is 5.20. The molecule has 0 aliphatic carbocycles. The van der Waals surface area contributed by atoms with Crippen LogP contribution in [0.25, 0.3) is 0 Å². The molecular weight excluding hydrogens is 328 g/mol. The highest BCUT2D eigenvalue weighted by molar-refractivity contribution is 5.80. The van der Waals surface area contributed by atoms with Crippen molar-refractivity contribution in [2.45, 2.75) is 32.3 Å². The standard InChI is InChI=1S/C19H34N6O/c1-16(13-24-7-5-4-6-8-24)11-21-19(20-2)25-9-10-26-18(15-25)17-12-22-23(3)14-17/h12,14,16,18H,4-11,13,15H2,1-3H3,(H,20,21). The van der Waals surface area contributed by atoms with Gasteiger partial charge in [0.15, 0.2) is 5.96 Å². The van der Waals surface area contributed by atoms with Gasteiger partial charge in [-0.1, -0.05) is 13.3 Å². The van der Waals surface area contributed by atoms with Crippen LogP contribution in [-0.2, 0) is 11.8 Å². The van der Waals surface area contributed by atoms with Crippen molar-refractivity contribution in [3.8, 4) is 0 Å². The highest BCUT2D eigenvalue weighted by Crippen LogP contribution is 2.21. The molecular formula is C19H34N6O. The molecule has 3 rings (SSSR count). The van der Waals surface area contributed by atoms with Gasteiger partial charge in [-0.25, -0.2) is 0 Å². The predicted molar refractivity (Wildman–Crippen MR) is 104 cm³/mol. The number of guanidine groups is 1. The Morgan fingerprint density at radius 2 is 2.15 bits per heavy atom. The van der Waals surface area contributed by atoms with Crippen molar-refractivity contribution in [1.29, 1.82) is 0 Å². The number of piperidine rings is 1. The van der Waals surface area contributed by atoms with E-state index in [2.05, 4.69) is 32.1 Å². The molecule has 2 aliphatic rings. The van der Waals surface area contributed by atoms with Gasteiger partial charge in [-0.05, 0) is 31.8 Å². The Kier molecular flexibility index (Phi) is 6.91. The number of hydrogen-bond donors (Lipinski definition) is 1. The van der Waals surface area contributed by atoms with E-state index in [4.69, 9.17) is 4.74 Å². The first-order valence-corrected chi connectivity index (χ1v) is 9.94. The Labute approximate surface area is 157 Å². The largest absolute Gasteiger partial charge is 0.370 e. The minimum atomic E-state index is 0.0572. The minimum absolute atomic E-state index is 0.0572. The lowest BCUT2D eigenvalue weighted by Gasteiger charge is -2.35. The van der Waals surface area contributed by atoms with E-state index < -0.39 is 0 Å². The summed E-state index contributed by atoms with van der Waals surface area (Å²) in [5.74, 6) is 1.59. The van der Waals surface area contributed by atoms with Crippen LogP contribution in [0.3, 0.4) is 0 Å². The van der Waals surface area contributed by atoms with E-state index in [1.54, 1.807) is 0 Å². The summed E-state index contributed by atoms with van der Waals surface area (Å²) in [6.07, 6.45) is 8.08. The van der Waals surface area contributed by atoms with Crippen molar-refractivity contribution in [3.63, 3.8) is 0 Å². The summed E-state index contributed by atoms with van der Waals surface area (Å²) in [6, 6.07) is 0. The van der Waals surface area contributed by atoms with Gasteiger partial charge in [0, 0.05) is 45.5 Å². The number of aromatic nitrogens is 2. The number of likely N-dealkylation sites (tertiary alicyclic amines) is 1. The van der Waals surface area contributed by atoms with E-state index >= 15 is 0 Å². The zero-order valence-electron chi connectivity index (χ0n) is 16.5. The number of aryl methyl sites for hydroxylation is 1. The topological polar surface area (TPSA) is 57.9 Å². The van der Waals surface area contributed by atoms with Gasteiger partial charge in [0.05, 0.1) is 19.3 Å². The molecule has 0 bridgehead atoms. The van der Waals surface area contributed by atoms with Crippen molar-refractivity contribution in [2.75, 3.05) is 52.9 Å². The van der Waals surface area contributed by atoms with Gasteiger partial charge in [-0.15, -0.1) is 0 Å². The molecule has 1 N–H and O–H groups in total. The lowest BCUT2D eigenvalue weighted by atomic mass is 10.1. The molecule has 0 aromatic carbocycles. The van der Waals surface area contributed by atoms with E-state index in [0.717, 1.165) is 31.2 Å². The highest BCUT2D eigenvalue weighted by atomic mass is 16.5. The molecule has 0 amide bonds. The zero-order valence-corrected chi connectivity index (χ0v) is 16.5. The monoisotopic (exact) mass is 362 g/mol. The Morgan fingerprint density at radius 1 is 1.35 bits per heavy atom. The molecule has 1 aromatic heterocycles. The van der Waals surface area contributed by atoms with Gasteiger partial charge in [-0.2, -0.15) is 5.10 Å². The summed E-state index contributed by atoms with van der Waals surface area (Å²) in [7, 11) is 3.81. The predicted octanol–water partition coefficient (Wildman–Crippen LogP) is 1.49. The van der Waals surface area contributed by atoms with Gasteiger partial charge in [-0.3, -0.25) is 9.67 Å². The average molecular weight is 363 g/mol. The molecule has 146 valence electrons. The lowest BCUT2D eigenvalue weighted by Crippen LogP contribution is -2.49. The second kappa shape index (κ2) is 9.37. The van der Waals surface area contributed by atoms with Crippen LogP contribution < -0.4 is 5.32 Å². The summed E-state index contributed by atoms with van der Waals surface area (Å²) in [6.45, 7) is 9.37. The van der Waals surface area contributed by atoms with Crippen LogP contribution >= 0.6 is 0 Å². The number of morpholine rings is 1. The van der Waals surface area contributed by atoms with E-state index in [0.29, 0.717) is 12.5 Å². The number of ether oxygens (including phenoxy) is 1. The average Bonchev–Trinajstić information content (AvgIpc) is 3.10. The van der Waals surface area contributed by atoms with Gasteiger partial charge in [0.2, 0.25) is 0 Å². The van der Waals surface area contributed by atoms with Crippen molar-refractivity contribution in [3.05, 3.63) is 18.0 Å². The maximum absolute atomic E-state index is 5.94. The van der Waals surface area contributed by atoms with Crippen molar-refractivity contribution < 1.29 is 4.74 Å². The molecule has 7 heteroatoms. The Morgan fingerprint density at radius 3 is 2.85 bits per heavy atom. The maximum Gasteiger partial charge on any atom is 0.193 e. The normalized spacial score (nSPS) is 23.9. The molecule has 2 aliphatic heterocycles. The zero-order chi connectivity index (χ0) is 18.4. The summed E-state index contributed by atoms with van der Waals surface area (Å²) >= 11 is 0. The minimum Gasteiger partial charge on any atom is -0.370 e. The van der Waals surface area contributed by atoms with Gasteiger partial charge < -0.3 is 19.9 Å². The first-order chi connectivity index (χ1) is 12.7. The molecule has 1 aromatic rings. The van der Waals surface area contributed by atoms with Crippen molar-refractivity contribution >= 4 is 5.96 Å². The van der Waals surface area contributed by atoms with Gasteiger partial charge in [0.25, 0.3) is 0 Å². The second-order valence-electron chi connectivity index (χ2n) is 7.65. The van der Waals surface area contributed by atoms with Crippen LogP contribution in [0.4, 0.5) is 0 Å². The summed E-state index contributed by atoms with van der Waals surface area (Å²) in [5.41, 5.74) is 1.13. The molecule has 2 atom stereocenters. The fraction of sp³-hybridized carbons (Fsp3) is 0.789. The Hall–Kier alpha value is -1.60. The first-order valence-electron chi connectivity index (χ1n) is 9.94. The summed E-state index contributed by atoms with van der Waals surface area (Å²) in [4.78, 5) is 9.41. The lowest BCUT2D eigenvalue weighted by molar-refractivity contribution is -0.00809. The summed E-state index contributed by atoms with van der Waals surface area (Å²) in [5, 5.41) is 7.84. The number of nitrogens with zero attached hydrogens (tertiary/aromatic N) is 5. The second-order valence-corrected chi connectivity index (χ2v) is 7.65. The fourth-order valence-electron chi connectivity index (χ4n) is 3.89. The van der Waals surface area contributed by atoms with Crippen LogP contribution in [0.2, 0.25) is 0 Å². The Balaban J connectivity index is 1.48. The van der Waals surface area contributed by atoms with E-state index in [9.17, 15) is 0 Å². The quantitative estimate of drug-likeness (QED) is 0.635. The molecule has 2 saturated heterocycles. The smallest absolute Gasteiger partial charge is 0.193 e. The summed E-state index contributed by atoms with van der Waals surface area (Å²) < 4.78 is 7.77. The number of hydrogen-bond acceptors (Lipinski definition) is 4. The Bertz CT molecular complexity index is 580. The van der Waals surface area contributed by atoms with Crippen LogP contribution in [0.15, 0.2) is 17.4 Å².